The van der Waals surface area contributed by atoms with Crippen molar-refractivity contribution >= 4 is 21.8 Å². The van der Waals surface area contributed by atoms with Gasteiger partial charge in [0.2, 0.25) is 5.91 Å². The minimum atomic E-state index is -0.216. The van der Waals surface area contributed by atoms with E-state index in [9.17, 15) is 4.79 Å². The Kier molecular flexibility index (Phi) is 3.34. The molecule has 3 nitrogen and oxygen atoms in total. The van der Waals surface area contributed by atoms with Gasteiger partial charge in [0.1, 0.15) is 0 Å². The van der Waals surface area contributed by atoms with Gasteiger partial charge in [-0.15, -0.1) is 0 Å². The molecule has 4 rings (SSSR count). The molecule has 2 saturated heterocycles. The molecule has 0 radical (unpaired) electrons. The van der Waals surface area contributed by atoms with Crippen LogP contribution in [0.2, 0.25) is 0 Å². The van der Waals surface area contributed by atoms with Gasteiger partial charge >= 0.3 is 0 Å². The molecule has 1 aromatic carbocycles. The van der Waals surface area contributed by atoms with Crippen LogP contribution >= 0.6 is 15.9 Å². The third kappa shape index (κ3) is 2.23. The number of nitrogens with one attached hydrogen (secondary N) is 1. The van der Waals surface area contributed by atoms with Crippen LogP contribution in [-0.2, 0) is 10.2 Å². The predicted octanol–water partition coefficient (Wildman–Crippen LogP) is 2.83. The highest BCUT2D eigenvalue weighted by Gasteiger charge is 2.55. The molecule has 4 heteroatoms. The number of nitrogens with zero attached hydrogens (tertiary/aromatic N) is 1. The van der Waals surface area contributed by atoms with Crippen LogP contribution in [0.3, 0.4) is 0 Å². The first kappa shape index (κ1) is 13.8. The summed E-state index contributed by atoms with van der Waals surface area (Å²) in [4.78, 5) is 15.5. The molecule has 1 amide bonds. The third-order valence-electron chi connectivity index (χ3n) is 5.44. The smallest absolute Gasteiger partial charge is 0.233 e. The molecule has 1 N–H and O–H groups in total. The van der Waals surface area contributed by atoms with Gasteiger partial charge < -0.3 is 10.2 Å². The summed E-state index contributed by atoms with van der Waals surface area (Å²) in [5.41, 5.74) is 0.985. The van der Waals surface area contributed by atoms with Crippen LogP contribution in [0.1, 0.15) is 37.7 Å². The van der Waals surface area contributed by atoms with Gasteiger partial charge in [-0.05, 0) is 56.3 Å². The lowest BCUT2D eigenvalue weighted by atomic mass is 9.93. The van der Waals surface area contributed by atoms with E-state index in [1.54, 1.807) is 0 Å². The number of carbonyl (C=O) groups excluding carboxylic acids is 1. The molecule has 3 fully saturated rings. The standard InChI is InChI=1S/C17H21BrN2O/c18-13-3-1-12(2-4-13)17(8-9-17)16(21)20-14-5-6-15(20)11-19-10-7-14/h1-4,14-15,19H,5-11H2. The molecule has 21 heavy (non-hydrogen) atoms. The summed E-state index contributed by atoms with van der Waals surface area (Å²) >= 11 is 3.48. The number of fused-ring (bicyclic) bond motifs is 2. The highest BCUT2D eigenvalue weighted by atomic mass is 79.9. The molecule has 2 bridgehead atoms. The fourth-order valence-electron chi connectivity index (χ4n) is 4.08. The van der Waals surface area contributed by atoms with Crippen molar-refractivity contribution in [2.75, 3.05) is 13.1 Å². The van der Waals surface area contributed by atoms with Gasteiger partial charge in [0.05, 0.1) is 5.41 Å². The Balaban J connectivity index is 1.63. The van der Waals surface area contributed by atoms with Gasteiger partial charge in [-0.2, -0.15) is 0 Å². The van der Waals surface area contributed by atoms with Crippen LogP contribution in [0.5, 0.6) is 0 Å². The number of benzene rings is 1. The number of rotatable bonds is 2. The fourth-order valence-corrected chi connectivity index (χ4v) is 4.35. The molecular formula is C17H21BrN2O. The van der Waals surface area contributed by atoms with Gasteiger partial charge in [0, 0.05) is 23.1 Å². The van der Waals surface area contributed by atoms with Crippen LogP contribution in [0.15, 0.2) is 28.7 Å². The van der Waals surface area contributed by atoms with Crippen molar-refractivity contribution in [3.05, 3.63) is 34.3 Å². The van der Waals surface area contributed by atoms with E-state index in [-0.39, 0.29) is 5.41 Å². The normalized spacial score (nSPS) is 30.0. The lowest BCUT2D eigenvalue weighted by Crippen LogP contribution is -2.47. The molecule has 1 aliphatic carbocycles. The van der Waals surface area contributed by atoms with Crippen molar-refractivity contribution in [3.8, 4) is 0 Å². The first-order valence-electron chi connectivity index (χ1n) is 8.00. The number of carbonyl (C=O) groups is 1. The maximum Gasteiger partial charge on any atom is 0.233 e. The lowest BCUT2D eigenvalue weighted by Gasteiger charge is -2.32. The van der Waals surface area contributed by atoms with E-state index >= 15 is 0 Å². The van der Waals surface area contributed by atoms with E-state index in [1.165, 1.54) is 18.4 Å². The van der Waals surface area contributed by atoms with Crippen LogP contribution in [0, 0.1) is 0 Å². The van der Waals surface area contributed by atoms with Gasteiger partial charge in [0.15, 0.2) is 0 Å². The van der Waals surface area contributed by atoms with Crippen LogP contribution in [-0.4, -0.2) is 36.0 Å². The van der Waals surface area contributed by atoms with Crippen molar-refractivity contribution in [2.24, 2.45) is 0 Å². The molecule has 1 aromatic rings. The number of halogens is 1. The minimum Gasteiger partial charge on any atom is -0.335 e. The second-order valence-electron chi connectivity index (χ2n) is 6.68. The topological polar surface area (TPSA) is 32.3 Å². The molecule has 3 aliphatic rings. The van der Waals surface area contributed by atoms with E-state index in [2.05, 4.69) is 50.4 Å². The molecule has 1 saturated carbocycles. The molecule has 0 aromatic heterocycles. The van der Waals surface area contributed by atoms with E-state index in [0.717, 1.165) is 36.8 Å². The molecule has 0 spiro atoms. The number of hydrogen-bond donors (Lipinski definition) is 1. The average Bonchev–Trinajstić information content (AvgIpc) is 3.20. The summed E-state index contributed by atoms with van der Waals surface area (Å²) in [6.07, 6.45) is 5.49. The molecule has 2 atom stereocenters. The first-order chi connectivity index (χ1) is 10.2. The van der Waals surface area contributed by atoms with Gasteiger partial charge in [-0.1, -0.05) is 28.1 Å². The summed E-state index contributed by atoms with van der Waals surface area (Å²) in [5, 5.41) is 3.48. The maximum atomic E-state index is 13.3. The third-order valence-corrected chi connectivity index (χ3v) is 5.97. The van der Waals surface area contributed by atoms with Crippen molar-refractivity contribution in [2.45, 2.75) is 49.6 Å². The SMILES string of the molecule is O=C(N1C2CCNCC1CC2)C1(c2ccc(Br)cc2)CC1. The summed E-state index contributed by atoms with van der Waals surface area (Å²) in [5.74, 6) is 0.390. The van der Waals surface area contributed by atoms with Gasteiger partial charge in [-0.25, -0.2) is 0 Å². The van der Waals surface area contributed by atoms with E-state index in [4.69, 9.17) is 0 Å². The van der Waals surface area contributed by atoms with Crippen molar-refractivity contribution in [3.63, 3.8) is 0 Å². The maximum absolute atomic E-state index is 13.3. The highest BCUT2D eigenvalue weighted by molar-refractivity contribution is 9.10. The Bertz CT molecular complexity index is 538. The number of hydrogen-bond acceptors (Lipinski definition) is 2. The van der Waals surface area contributed by atoms with Crippen LogP contribution in [0.4, 0.5) is 0 Å². The molecule has 2 aliphatic heterocycles. The average molecular weight is 349 g/mol. The second kappa shape index (κ2) is 5.10. The zero-order valence-electron chi connectivity index (χ0n) is 12.1. The lowest BCUT2D eigenvalue weighted by molar-refractivity contribution is -0.136. The van der Waals surface area contributed by atoms with Crippen molar-refractivity contribution in [1.82, 2.24) is 10.2 Å². The van der Waals surface area contributed by atoms with E-state index in [1.807, 2.05) is 0 Å². The molecule has 112 valence electrons. The molecule has 2 heterocycles. The largest absolute Gasteiger partial charge is 0.335 e. The molecule has 2 unspecified atom stereocenters. The Labute approximate surface area is 134 Å². The second-order valence-corrected chi connectivity index (χ2v) is 7.59. The fraction of sp³-hybridized carbons (Fsp3) is 0.588. The Morgan fingerprint density at radius 1 is 1.14 bits per heavy atom. The summed E-state index contributed by atoms with van der Waals surface area (Å²) < 4.78 is 1.08. The highest BCUT2D eigenvalue weighted by Crippen LogP contribution is 2.51. The summed E-state index contributed by atoms with van der Waals surface area (Å²) in [7, 11) is 0. The van der Waals surface area contributed by atoms with Crippen LogP contribution < -0.4 is 5.32 Å². The van der Waals surface area contributed by atoms with Gasteiger partial charge in [-0.3, -0.25) is 4.79 Å². The summed E-state index contributed by atoms with van der Waals surface area (Å²) in [6.45, 7) is 2.02. The van der Waals surface area contributed by atoms with Gasteiger partial charge in [0.25, 0.3) is 0 Å². The van der Waals surface area contributed by atoms with Crippen LogP contribution in [0.25, 0.3) is 0 Å². The summed E-state index contributed by atoms with van der Waals surface area (Å²) in [6, 6.07) is 9.23. The van der Waals surface area contributed by atoms with E-state index < -0.39 is 0 Å². The Hall–Kier alpha value is -0.870. The predicted molar refractivity (Wildman–Crippen MR) is 86.2 cm³/mol. The Morgan fingerprint density at radius 2 is 1.86 bits per heavy atom. The zero-order valence-corrected chi connectivity index (χ0v) is 13.7. The van der Waals surface area contributed by atoms with Crippen molar-refractivity contribution in [1.29, 1.82) is 0 Å². The van der Waals surface area contributed by atoms with Crippen molar-refractivity contribution < 1.29 is 4.79 Å². The Morgan fingerprint density at radius 3 is 2.57 bits per heavy atom. The minimum absolute atomic E-state index is 0.216. The quantitative estimate of drug-likeness (QED) is 0.891. The monoisotopic (exact) mass is 348 g/mol. The van der Waals surface area contributed by atoms with E-state index in [0.29, 0.717) is 18.0 Å². The number of amides is 1. The first-order valence-corrected chi connectivity index (χ1v) is 8.79. The molecular weight excluding hydrogens is 328 g/mol. The zero-order chi connectivity index (χ0) is 14.4.